The maximum atomic E-state index is 12.8. The lowest BCUT2D eigenvalue weighted by Crippen LogP contribution is -2.25. The molecule has 0 aliphatic rings. The summed E-state index contributed by atoms with van der Waals surface area (Å²) in [7, 11) is 1.73. The number of anilines is 1. The zero-order valence-electron chi connectivity index (χ0n) is 12.6. The molecule has 1 unspecified atom stereocenters. The first-order chi connectivity index (χ1) is 10.2. The van der Waals surface area contributed by atoms with Crippen molar-refractivity contribution in [3.8, 4) is 0 Å². The fourth-order valence-corrected chi connectivity index (χ4v) is 2.31. The van der Waals surface area contributed by atoms with Crippen LogP contribution in [0.4, 0.5) is 14.5 Å². The number of aromatic nitrogens is 4. The Morgan fingerprint density at radius 3 is 2.45 bits per heavy atom. The van der Waals surface area contributed by atoms with Crippen molar-refractivity contribution in [1.29, 1.82) is 0 Å². The number of rotatable bonds is 4. The van der Waals surface area contributed by atoms with E-state index in [1.165, 1.54) is 4.68 Å². The summed E-state index contributed by atoms with van der Waals surface area (Å²) in [6.45, 7) is 4.86. The Bertz CT molecular complexity index is 710. The van der Waals surface area contributed by atoms with Crippen molar-refractivity contribution in [2.24, 2.45) is 7.05 Å². The highest BCUT2D eigenvalue weighted by Gasteiger charge is 2.26. The summed E-state index contributed by atoms with van der Waals surface area (Å²) >= 11 is 5.84. The van der Waals surface area contributed by atoms with Crippen LogP contribution >= 0.6 is 11.6 Å². The molecule has 0 spiro atoms. The first kappa shape index (κ1) is 16.4. The molecule has 0 radical (unpaired) electrons. The third-order valence-corrected chi connectivity index (χ3v) is 3.79. The number of aryl methyl sites for hydroxylation is 2. The second kappa shape index (κ2) is 6.04. The zero-order valence-corrected chi connectivity index (χ0v) is 13.3. The van der Waals surface area contributed by atoms with E-state index in [1.807, 2.05) is 0 Å². The second-order valence-electron chi connectivity index (χ2n) is 5.00. The van der Waals surface area contributed by atoms with Gasteiger partial charge in [0.2, 0.25) is 5.91 Å². The van der Waals surface area contributed by atoms with E-state index in [-0.39, 0.29) is 10.9 Å². The van der Waals surface area contributed by atoms with Crippen LogP contribution in [0.3, 0.4) is 0 Å². The van der Waals surface area contributed by atoms with Crippen LogP contribution in [0.1, 0.15) is 36.5 Å². The largest absolute Gasteiger partial charge is 0.321 e. The number of alkyl halides is 2. The molecule has 0 saturated carbocycles. The summed E-state index contributed by atoms with van der Waals surface area (Å²) in [5.41, 5.74) is 1.02. The minimum Gasteiger partial charge on any atom is -0.321 e. The summed E-state index contributed by atoms with van der Waals surface area (Å²) < 4.78 is 28.4. The lowest BCUT2D eigenvalue weighted by molar-refractivity contribution is -0.119. The number of hydrogen-bond donors (Lipinski definition) is 1. The monoisotopic (exact) mass is 331 g/mol. The van der Waals surface area contributed by atoms with Crippen LogP contribution in [0.2, 0.25) is 5.02 Å². The van der Waals surface area contributed by atoms with Crippen molar-refractivity contribution in [3.05, 3.63) is 28.3 Å². The third kappa shape index (κ3) is 2.96. The van der Waals surface area contributed by atoms with Crippen LogP contribution < -0.4 is 5.32 Å². The maximum Gasteiger partial charge on any atom is 0.283 e. The fraction of sp³-hybridized carbons (Fsp3) is 0.462. The molecule has 2 rings (SSSR count). The SMILES string of the molecule is Cc1nn(C)cc1NC(=O)C(C)n1nc(C(F)F)c(Cl)c1C. The minimum atomic E-state index is -2.79. The molecule has 2 aromatic rings. The van der Waals surface area contributed by atoms with Gasteiger partial charge in [-0.05, 0) is 20.8 Å². The van der Waals surface area contributed by atoms with E-state index in [4.69, 9.17) is 11.6 Å². The van der Waals surface area contributed by atoms with Crippen molar-refractivity contribution in [3.63, 3.8) is 0 Å². The van der Waals surface area contributed by atoms with E-state index >= 15 is 0 Å². The van der Waals surface area contributed by atoms with E-state index in [1.54, 1.807) is 38.7 Å². The average molecular weight is 332 g/mol. The smallest absolute Gasteiger partial charge is 0.283 e. The van der Waals surface area contributed by atoms with Crippen LogP contribution in [-0.2, 0) is 11.8 Å². The van der Waals surface area contributed by atoms with Crippen molar-refractivity contribution in [1.82, 2.24) is 19.6 Å². The Kier molecular flexibility index (Phi) is 4.50. The molecule has 6 nitrogen and oxygen atoms in total. The van der Waals surface area contributed by atoms with E-state index in [9.17, 15) is 13.6 Å². The van der Waals surface area contributed by atoms with Gasteiger partial charge in [0.1, 0.15) is 11.7 Å². The molecule has 0 saturated heterocycles. The predicted molar refractivity (Wildman–Crippen MR) is 78.2 cm³/mol. The molecule has 0 aliphatic heterocycles. The number of nitrogens with one attached hydrogen (secondary N) is 1. The van der Waals surface area contributed by atoms with E-state index < -0.39 is 18.2 Å². The molecule has 0 bridgehead atoms. The molecule has 0 aromatic carbocycles. The molecular formula is C13H16ClF2N5O. The summed E-state index contributed by atoms with van der Waals surface area (Å²) in [5, 5.41) is 10.4. The third-order valence-electron chi connectivity index (χ3n) is 3.33. The Morgan fingerprint density at radius 2 is 2.00 bits per heavy atom. The van der Waals surface area contributed by atoms with Crippen molar-refractivity contribution in [2.45, 2.75) is 33.2 Å². The minimum absolute atomic E-state index is 0.118. The molecule has 1 amide bonds. The van der Waals surface area contributed by atoms with Crippen LogP contribution in [-0.4, -0.2) is 25.5 Å². The van der Waals surface area contributed by atoms with E-state index in [2.05, 4.69) is 15.5 Å². The lowest BCUT2D eigenvalue weighted by atomic mass is 10.3. The summed E-state index contributed by atoms with van der Waals surface area (Å²) in [4.78, 5) is 12.3. The number of amides is 1. The number of nitrogens with zero attached hydrogens (tertiary/aromatic N) is 4. The summed E-state index contributed by atoms with van der Waals surface area (Å²) in [6, 6.07) is -0.787. The van der Waals surface area contributed by atoms with Crippen molar-refractivity contribution >= 4 is 23.2 Å². The average Bonchev–Trinajstić information content (AvgIpc) is 2.90. The predicted octanol–water partition coefficient (Wildman–Crippen LogP) is 3.02. The van der Waals surface area contributed by atoms with Crippen molar-refractivity contribution < 1.29 is 13.6 Å². The topological polar surface area (TPSA) is 64.7 Å². The molecule has 22 heavy (non-hydrogen) atoms. The van der Waals surface area contributed by atoms with Gasteiger partial charge in [0.05, 0.1) is 22.1 Å². The first-order valence-corrected chi connectivity index (χ1v) is 6.94. The van der Waals surface area contributed by atoms with Gasteiger partial charge in [-0.3, -0.25) is 14.2 Å². The molecule has 0 fully saturated rings. The second-order valence-corrected chi connectivity index (χ2v) is 5.37. The van der Waals surface area contributed by atoms with E-state index in [0.717, 1.165) is 0 Å². The van der Waals surface area contributed by atoms with Gasteiger partial charge in [-0.1, -0.05) is 11.6 Å². The van der Waals surface area contributed by atoms with Gasteiger partial charge >= 0.3 is 0 Å². The number of carbonyl (C=O) groups is 1. The first-order valence-electron chi connectivity index (χ1n) is 6.56. The van der Waals surface area contributed by atoms with Crippen LogP contribution in [0.15, 0.2) is 6.20 Å². The summed E-state index contributed by atoms with van der Waals surface area (Å²) in [6.07, 6.45) is -1.13. The lowest BCUT2D eigenvalue weighted by Gasteiger charge is -2.14. The molecular weight excluding hydrogens is 316 g/mol. The highest BCUT2D eigenvalue weighted by molar-refractivity contribution is 6.31. The van der Waals surface area contributed by atoms with Gasteiger partial charge in [0.15, 0.2) is 0 Å². The Balaban J connectivity index is 2.24. The van der Waals surface area contributed by atoms with Crippen molar-refractivity contribution in [2.75, 3.05) is 5.32 Å². The zero-order chi connectivity index (χ0) is 16.6. The van der Waals surface area contributed by atoms with Crippen LogP contribution in [0.5, 0.6) is 0 Å². The number of hydrogen-bond acceptors (Lipinski definition) is 3. The maximum absolute atomic E-state index is 12.8. The van der Waals surface area contributed by atoms with Gasteiger partial charge < -0.3 is 5.32 Å². The molecule has 0 aliphatic carbocycles. The van der Waals surface area contributed by atoms with Gasteiger partial charge in [0.25, 0.3) is 6.43 Å². The summed E-state index contributed by atoms with van der Waals surface area (Å²) in [5.74, 6) is -0.390. The van der Waals surface area contributed by atoms with E-state index in [0.29, 0.717) is 17.1 Å². The normalized spacial score (nSPS) is 12.7. The molecule has 2 heterocycles. The quantitative estimate of drug-likeness (QED) is 0.936. The Morgan fingerprint density at radius 1 is 1.36 bits per heavy atom. The van der Waals surface area contributed by atoms with Gasteiger partial charge in [-0.2, -0.15) is 10.2 Å². The van der Waals surface area contributed by atoms with Gasteiger partial charge in [-0.25, -0.2) is 8.78 Å². The van der Waals surface area contributed by atoms with Gasteiger partial charge in [-0.15, -0.1) is 0 Å². The molecule has 1 N–H and O–H groups in total. The standard InChI is InChI=1S/C13H16ClF2N5O/c1-6-9(5-20(4)18-6)17-13(22)8(3)21-7(2)10(14)11(19-21)12(15)16/h5,8,12H,1-4H3,(H,17,22). The number of carbonyl (C=O) groups excluding carboxylic acids is 1. The Labute approximate surface area is 131 Å². The molecule has 9 heteroatoms. The highest BCUT2D eigenvalue weighted by Crippen LogP contribution is 2.30. The number of halogens is 3. The highest BCUT2D eigenvalue weighted by atomic mass is 35.5. The molecule has 120 valence electrons. The van der Waals surface area contributed by atoms with Crippen LogP contribution in [0, 0.1) is 13.8 Å². The van der Waals surface area contributed by atoms with Gasteiger partial charge in [0, 0.05) is 13.2 Å². The molecule has 2 aromatic heterocycles. The van der Waals surface area contributed by atoms with Crippen LogP contribution in [0.25, 0.3) is 0 Å². The Hall–Kier alpha value is -1.96. The fourth-order valence-electron chi connectivity index (χ4n) is 2.11. The molecule has 1 atom stereocenters.